The summed E-state index contributed by atoms with van der Waals surface area (Å²) >= 11 is 1.86. The van der Waals surface area contributed by atoms with Crippen LogP contribution in [0.2, 0.25) is 0 Å². The van der Waals surface area contributed by atoms with Crippen LogP contribution in [0.4, 0.5) is 0 Å². The van der Waals surface area contributed by atoms with Gasteiger partial charge in [0.15, 0.2) is 0 Å². The second-order valence-electron chi connectivity index (χ2n) is 4.48. The molecule has 0 amide bonds. The molecule has 1 aliphatic heterocycles. The minimum absolute atomic E-state index is 0.558. The van der Waals surface area contributed by atoms with E-state index in [2.05, 4.69) is 34.7 Å². The molecule has 2 heterocycles. The highest BCUT2D eigenvalue weighted by atomic mass is 32.1. The molecule has 0 aliphatic carbocycles. The van der Waals surface area contributed by atoms with E-state index in [0.29, 0.717) is 6.04 Å². The molecule has 16 heavy (non-hydrogen) atoms. The Labute approximate surface area is 103 Å². The normalized spacial score (nSPS) is 19.1. The minimum atomic E-state index is 0.558. The van der Waals surface area contributed by atoms with Crippen molar-refractivity contribution >= 4 is 11.3 Å². The van der Waals surface area contributed by atoms with E-state index in [9.17, 15) is 0 Å². The molecule has 2 nitrogen and oxygen atoms in total. The molecular weight excluding hydrogens is 216 g/mol. The molecular formula is C13H22N2S. The predicted molar refractivity (Wildman–Crippen MR) is 71.0 cm³/mol. The lowest BCUT2D eigenvalue weighted by molar-refractivity contribution is 0.327. The monoisotopic (exact) mass is 238 g/mol. The van der Waals surface area contributed by atoms with Gasteiger partial charge in [-0.2, -0.15) is 0 Å². The van der Waals surface area contributed by atoms with Gasteiger partial charge in [-0.15, -0.1) is 11.3 Å². The summed E-state index contributed by atoms with van der Waals surface area (Å²) in [4.78, 5) is 4.04. The quantitative estimate of drug-likeness (QED) is 0.820. The van der Waals surface area contributed by atoms with Crippen molar-refractivity contribution in [2.75, 3.05) is 26.2 Å². The van der Waals surface area contributed by atoms with Gasteiger partial charge >= 0.3 is 0 Å². The Morgan fingerprint density at radius 2 is 2.25 bits per heavy atom. The first-order chi connectivity index (χ1) is 7.90. The van der Waals surface area contributed by atoms with Crippen LogP contribution in [-0.4, -0.2) is 31.1 Å². The van der Waals surface area contributed by atoms with Gasteiger partial charge in [-0.1, -0.05) is 13.0 Å². The Morgan fingerprint density at radius 1 is 1.44 bits per heavy atom. The van der Waals surface area contributed by atoms with Gasteiger partial charge in [-0.3, -0.25) is 0 Å². The maximum atomic E-state index is 3.67. The van der Waals surface area contributed by atoms with Crippen molar-refractivity contribution in [2.45, 2.75) is 32.2 Å². The van der Waals surface area contributed by atoms with Gasteiger partial charge in [0.1, 0.15) is 0 Å². The number of rotatable bonds is 6. The fourth-order valence-corrected chi connectivity index (χ4v) is 3.22. The van der Waals surface area contributed by atoms with Crippen molar-refractivity contribution in [2.24, 2.45) is 0 Å². The zero-order valence-corrected chi connectivity index (χ0v) is 10.9. The fraction of sp³-hybridized carbons (Fsp3) is 0.692. The second kappa shape index (κ2) is 6.38. The van der Waals surface area contributed by atoms with Crippen LogP contribution in [0.5, 0.6) is 0 Å². The molecule has 0 radical (unpaired) electrons. The van der Waals surface area contributed by atoms with Crippen molar-refractivity contribution < 1.29 is 0 Å². The third-order valence-corrected chi connectivity index (χ3v) is 4.30. The van der Waals surface area contributed by atoms with Gasteiger partial charge in [0.05, 0.1) is 0 Å². The summed E-state index contributed by atoms with van der Waals surface area (Å²) in [5, 5.41) is 5.83. The Balaban J connectivity index is 1.71. The van der Waals surface area contributed by atoms with E-state index in [-0.39, 0.29) is 0 Å². The van der Waals surface area contributed by atoms with Crippen LogP contribution in [0.3, 0.4) is 0 Å². The molecule has 90 valence electrons. The van der Waals surface area contributed by atoms with Gasteiger partial charge in [0.2, 0.25) is 0 Å². The van der Waals surface area contributed by atoms with Crippen LogP contribution in [-0.2, 0) is 0 Å². The first kappa shape index (κ1) is 12.1. The van der Waals surface area contributed by atoms with E-state index in [0.717, 1.165) is 6.54 Å². The first-order valence-corrected chi connectivity index (χ1v) is 7.27. The summed E-state index contributed by atoms with van der Waals surface area (Å²) in [6.07, 6.45) is 3.96. The maximum absolute atomic E-state index is 3.67. The number of nitrogens with one attached hydrogen (secondary N) is 1. The Bertz CT molecular complexity index is 278. The molecule has 0 bridgehead atoms. The van der Waals surface area contributed by atoms with Crippen molar-refractivity contribution in [1.29, 1.82) is 0 Å². The molecule has 0 spiro atoms. The molecule has 3 heteroatoms. The molecule has 1 N–H and O–H groups in total. The molecule has 0 saturated carbocycles. The highest BCUT2D eigenvalue weighted by molar-refractivity contribution is 7.10. The molecule has 0 aromatic carbocycles. The van der Waals surface area contributed by atoms with E-state index in [1.54, 1.807) is 0 Å². The summed E-state index contributed by atoms with van der Waals surface area (Å²) in [5.74, 6) is 0. The van der Waals surface area contributed by atoms with Crippen LogP contribution in [0.25, 0.3) is 0 Å². The SMILES string of the molecule is CCC(NCCN1CCCC1)c1cccs1. The van der Waals surface area contributed by atoms with Crippen molar-refractivity contribution in [3.63, 3.8) is 0 Å². The topological polar surface area (TPSA) is 15.3 Å². The zero-order chi connectivity index (χ0) is 11.2. The number of hydrogen-bond acceptors (Lipinski definition) is 3. The van der Waals surface area contributed by atoms with Gasteiger partial charge < -0.3 is 10.2 Å². The molecule has 1 aromatic heterocycles. The van der Waals surface area contributed by atoms with Crippen molar-refractivity contribution in [3.05, 3.63) is 22.4 Å². The number of thiophene rings is 1. The highest BCUT2D eigenvalue weighted by Crippen LogP contribution is 2.21. The fourth-order valence-electron chi connectivity index (χ4n) is 2.34. The van der Waals surface area contributed by atoms with Crippen LogP contribution in [0, 0.1) is 0 Å². The number of hydrogen-bond donors (Lipinski definition) is 1. The zero-order valence-electron chi connectivity index (χ0n) is 10.1. The second-order valence-corrected chi connectivity index (χ2v) is 5.46. The van der Waals surface area contributed by atoms with Crippen LogP contribution in [0.1, 0.15) is 37.1 Å². The Hall–Kier alpha value is -0.380. The highest BCUT2D eigenvalue weighted by Gasteiger charge is 2.13. The van der Waals surface area contributed by atoms with E-state index >= 15 is 0 Å². The van der Waals surface area contributed by atoms with Crippen LogP contribution >= 0.6 is 11.3 Å². The number of likely N-dealkylation sites (tertiary alicyclic amines) is 1. The standard InChI is InChI=1S/C13H22N2S/c1-2-12(13-6-5-11-16-13)14-7-10-15-8-3-4-9-15/h5-6,11-12,14H,2-4,7-10H2,1H3. The van der Waals surface area contributed by atoms with E-state index in [1.807, 2.05) is 11.3 Å². The lowest BCUT2D eigenvalue weighted by atomic mass is 10.2. The lowest BCUT2D eigenvalue weighted by Crippen LogP contribution is -2.31. The summed E-state index contributed by atoms with van der Waals surface area (Å²) in [7, 11) is 0. The predicted octanol–water partition coefficient (Wildman–Crippen LogP) is 2.88. The molecule has 1 fully saturated rings. The Morgan fingerprint density at radius 3 is 2.88 bits per heavy atom. The maximum Gasteiger partial charge on any atom is 0.0412 e. The molecule has 1 atom stereocenters. The van der Waals surface area contributed by atoms with Gasteiger partial charge in [-0.25, -0.2) is 0 Å². The molecule has 1 aliphatic rings. The third-order valence-electron chi connectivity index (χ3n) is 3.31. The molecule has 1 unspecified atom stereocenters. The summed E-state index contributed by atoms with van der Waals surface area (Å²) in [5.41, 5.74) is 0. The molecule has 2 rings (SSSR count). The lowest BCUT2D eigenvalue weighted by Gasteiger charge is -2.19. The average Bonchev–Trinajstić information content (AvgIpc) is 2.96. The van der Waals surface area contributed by atoms with Crippen LogP contribution < -0.4 is 5.32 Å². The van der Waals surface area contributed by atoms with Crippen molar-refractivity contribution in [3.8, 4) is 0 Å². The first-order valence-electron chi connectivity index (χ1n) is 6.39. The Kier molecular flexibility index (Phi) is 4.82. The van der Waals surface area contributed by atoms with Crippen molar-refractivity contribution in [1.82, 2.24) is 10.2 Å². The van der Waals surface area contributed by atoms with E-state index < -0.39 is 0 Å². The van der Waals surface area contributed by atoms with E-state index in [4.69, 9.17) is 0 Å². The van der Waals surface area contributed by atoms with E-state index in [1.165, 1.54) is 43.8 Å². The van der Waals surface area contributed by atoms with Gasteiger partial charge in [0, 0.05) is 24.0 Å². The van der Waals surface area contributed by atoms with Gasteiger partial charge in [0.25, 0.3) is 0 Å². The number of nitrogens with zero attached hydrogens (tertiary/aromatic N) is 1. The summed E-state index contributed by atoms with van der Waals surface area (Å²) < 4.78 is 0. The minimum Gasteiger partial charge on any atom is -0.308 e. The molecule has 1 aromatic rings. The summed E-state index contributed by atoms with van der Waals surface area (Å²) in [6.45, 7) is 7.19. The third kappa shape index (κ3) is 3.30. The molecule has 1 saturated heterocycles. The summed E-state index contributed by atoms with van der Waals surface area (Å²) in [6, 6.07) is 4.94. The van der Waals surface area contributed by atoms with Gasteiger partial charge in [-0.05, 0) is 43.8 Å². The largest absolute Gasteiger partial charge is 0.308 e. The average molecular weight is 238 g/mol. The van der Waals surface area contributed by atoms with Crippen LogP contribution in [0.15, 0.2) is 17.5 Å². The smallest absolute Gasteiger partial charge is 0.0412 e.